The summed E-state index contributed by atoms with van der Waals surface area (Å²) in [6.07, 6.45) is 0. The molecule has 2 heteroatoms. The van der Waals surface area contributed by atoms with Gasteiger partial charge in [-0.05, 0) is 80.7 Å². The van der Waals surface area contributed by atoms with E-state index >= 15 is 0 Å². The minimum Gasteiger partial charge on any atom is -0.456 e. The molecule has 2 nitrogen and oxygen atoms in total. The third kappa shape index (κ3) is 4.68. The zero-order valence-corrected chi connectivity index (χ0v) is 30.1. The monoisotopic (exact) mass is 701 g/mol. The third-order valence-electron chi connectivity index (χ3n) is 11.5. The number of furan rings is 1. The molecule has 0 aliphatic heterocycles. The van der Waals surface area contributed by atoms with Crippen LogP contribution in [0, 0.1) is 0 Å². The van der Waals surface area contributed by atoms with Crippen LogP contribution in [0.1, 0.15) is 22.3 Å². The molecule has 1 aromatic heterocycles. The number of anilines is 3. The summed E-state index contributed by atoms with van der Waals surface area (Å²) in [7, 11) is 0. The van der Waals surface area contributed by atoms with Gasteiger partial charge in [0, 0.05) is 27.4 Å². The van der Waals surface area contributed by atoms with Gasteiger partial charge in [0.25, 0.3) is 0 Å². The quantitative estimate of drug-likeness (QED) is 0.172. The molecular weight excluding hydrogens is 667 g/mol. The summed E-state index contributed by atoms with van der Waals surface area (Å²) in [5.41, 5.74) is 14.4. The molecule has 55 heavy (non-hydrogen) atoms. The minimum atomic E-state index is -0.518. The molecule has 0 saturated carbocycles. The van der Waals surface area contributed by atoms with Crippen molar-refractivity contribution in [1.29, 1.82) is 0 Å². The molecule has 0 bridgehead atoms. The highest BCUT2D eigenvalue weighted by atomic mass is 16.3. The van der Waals surface area contributed by atoms with Gasteiger partial charge in [0.1, 0.15) is 11.2 Å². The van der Waals surface area contributed by atoms with E-state index in [2.05, 4.69) is 211 Å². The summed E-state index contributed by atoms with van der Waals surface area (Å²) in [5, 5.41) is 4.63. The fraction of sp³-hybridized carbons (Fsp3) is 0.0189. The molecule has 1 aliphatic carbocycles. The molecule has 258 valence electrons. The van der Waals surface area contributed by atoms with Gasteiger partial charge >= 0.3 is 0 Å². The van der Waals surface area contributed by atoms with Crippen molar-refractivity contribution in [2.24, 2.45) is 0 Å². The Kier molecular flexibility index (Phi) is 7.11. The smallest absolute Gasteiger partial charge is 0.136 e. The first kappa shape index (κ1) is 31.4. The third-order valence-corrected chi connectivity index (χ3v) is 11.5. The van der Waals surface area contributed by atoms with Crippen molar-refractivity contribution < 1.29 is 4.42 Å². The zero-order chi connectivity index (χ0) is 36.3. The Morgan fingerprint density at radius 2 is 0.927 bits per heavy atom. The first-order valence-corrected chi connectivity index (χ1v) is 18.9. The summed E-state index contributed by atoms with van der Waals surface area (Å²) in [6.45, 7) is 0. The second-order valence-corrected chi connectivity index (χ2v) is 14.4. The summed E-state index contributed by atoms with van der Waals surface area (Å²) in [5.74, 6) is 0. The van der Waals surface area contributed by atoms with Crippen molar-refractivity contribution in [3.8, 4) is 22.3 Å². The van der Waals surface area contributed by atoms with Crippen molar-refractivity contribution in [3.05, 3.63) is 235 Å². The molecule has 10 aromatic rings. The van der Waals surface area contributed by atoms with E-state index in [0.29, 0.717) is 0 Å². The zero-order valence-electron chi connectivity index (χ0n) is 30.1. The number of para-hydroxylation sites is 2. The van der Waals surface area contributed by atoms with E-state index in [1.165, 1.54) is 44.2 Å². The van der Waals surface area contributed by atoms with Crippen LogP contribution in [0.2, 0.25) is 0 Å². The van der Waals surface area contributed by atoms with Gasteiger partial charge in [0.15, 0.2) is 0 Å². The van der Waals surface area contributed by atoms with E-state index in [-0.39, 0.29) is 0 Å². The molecule has 0 fully saturated rings. The largest absolute Gasteiger partial charge is 0.456 e. The molecule has 9 aromatic carbocycles. The molecule has 0 N–H and O–H groups in total. The Morgan fingerprint density at radius 3 is 1.75 bits per heavy atom. The number of benzene rings is 9. The first-order chi connectivity index (χ1) is 27.3. The molecule has 0 unspecified atom stereocenters. The van der Waals surface area contributed by atoms with E-state index < -0.39 is 5.41 Å². The van der Waals surface area contributed by atoms with Gasteiger partial charge in [-0.3, -0.25) is 0 Å². The van der Waals surface area contributed by atoms with Gasteiger partial charge < -0.3 is 9.32 Å². The summed E-state index contributed by atoms with van der Waals surface area (Å²) < 4.78 is 6.42. The second kappa shape index (κ2) is 12.5. The lowest BCUT2D eigenvalue weighted by Crippen LogP contribution is -2.28. The number of nitrogens with zero attached hydrogens (tertiary/aromatic N) is 1. The van der Waals surface area contributed by atoms with Gasteiger partial charge in [-0.25, -0.2) is 0 Å². The van der Waals surface area contributed by atoms with E-state index in [1.807, 2.05) is 6.07 Å². The lowest BCUT2D eigenvalue weighted by molar-refractivity contribution is 0.669. The molecular formula is C53H35NO. The SMILES string of the molecule is c1ccc(C2(c3ccccc3)c3ccccc3-c3ccc(N(c4ccccc4-c4cccc5oc6ccccc6c45)c4cccc5ccccc45)cc32)cc1. The van der Waals surface area contributed by atoms with Crippen LogP contribution in [0.3, 0.4) is 0 Å². The van der Waals surface area contributed by atoms with E-state index in [4.69, 9.17) is 4.42 Å². The molecule has 0 spiro atoms. The van der Waals surface area contributed by atoms with Crippen LogP contribution >= 0.6 is 0 Å². The van der Waals surface area contributed by atoms with Crippen LogP contribution < -0.4 is 4.90 Å². The lowest BCUT2D eigenvalue weighted by Gasteiger charge is -2.35. The molecule has 0 saturated heterocycles. The number of hydrogen-bond acceptors (Lipinski definition) is 2. The fourth-order valence-corrected chi connectivity index (χ4v) is 9.28. The normalized spacial score (nSPS) is 12.9. The Morgan fingerprint density at radius 1 is 0.364 bits per heavy atom. The summed E-state index contributed by atoms with van der Waals surface area (Å²) in [4.78, 5) is 2.47. The molecule has 11 rings (SSSR count). The molecule has 0 amide bonds. The maximum Gasteiger partial charge on any atom is 0.136 e. The van der Waals surface area contributed by atoms with Crippen LogP contribution in [0.4, 0.5) is 17.1 Å². The van der Waals surface area contributed by atoms with Crippen LogP contribution in [0.25, 0.3) is 55.0 Å². The topological polar surface area (TPSA) is 16.4 Å². The molecule has 0 radical (unpaired) electrons. The second-order valence-electron chi connectivity index (χ2n) is 14.4. The van der Waals surface area contributed by atoms with Crippen molar-refractivity contribution in [2.75, 3.05) is 4.90 Å². The molecule has 1 aliphatic rings. The highest BCUT2D eigenvalue weighted by Gasteiger charge is 2.46. The van der Waals surface area contributed by atoms with Gasteiger partial charge in [0.05, 0.1) is 16.8 Å². The van der Waals surface area contributed by atoms with Gasteiger partial charge in [-0.2, -0.15) is 0 Å². The number of fused-ring (bicyclic) bond motifs is 7. The Labute approximate surface area is 320 Å². The van der Waals surface area contributed by atoms with Crippen LogP contribution in [0.15, 0.2) is 217 Å². The van der Waals surface area contributed by atoms with E-state index in [0.717, 1.165) is 50.1 Å². The van der Waals surface area contributed by atoms with Gasteiger partial charge in [0.2, 0.25) is 0 Å². The standard InChI is InChI=1S/C53H35NO/c1-3-19-37(20-4-1)53(38-21-5-2-6-22-38)46-28-12-9-24-41(46)42-34-33-39(35-47(42)53)54(48-30-15-18-36-17-7-8-23-40(36)48)49-29-13-10-25-43(49)44-27-16-32-51-52(44)45-26-11-14-31-50(45)55-51/h1-35H. The van der Waals surface area contributed by atoms with Crippen molar-refractivity contribution in [2.45, 2.75) is 5.41 Å². The predicted molar refractivity (Wildman–Crippen MR) is 229 cm³/mol. The average molecular weight is 702 g/mol. The highest BCUT2D eigenvalue weighted by Crippen LogP contribution is 2.57. The Balaban J connectivity index is 1.23. The van der Waals surface area contributed by atoms with Crippen LogP contribution in [-0.2, 0) is 5.41 Å². The summed E-state index contributed by atoms with van der Waals surface area (Å²) >= 11 is 0. The Hall–Kier alpha value is -7.16. The summed E-state index contributed by atoms with van der Waals surface area (Å²) in [6, 6.07) is 77.1. The van der Waals surface area contributed by atoms with E-state index in [1.54, 1.807) is 0 Å². The van der Waals surface area contributed by atoms with Gasteiger partial charge in [-0.1, -0.05) is 176 Å². The van der Waals surface area contributed by atoms with Crippen LogP contribution in [-0.4, -0.2) is 0 Å². The molecule has 0 atom stereocenters. The molecule has 1 heterocycles. The average Bonchev–Trinajstić information content (AvgIpc) is 3.79. The van der Waals surface area contributed by atoms with Crippen molar-refractivity contribution in [3.63, 3.8) is 0 Å². The lowest BCUT2D eigenvalue weighted by atomic mass is 9.67. The number of rotatable bonds is 6. The Bertz CT molecular complexity index is 3000. The maximum absolute atomic E-state index is 6.42. The minimum absolute atomic E-state index is 0.518. The van der Waals surface area contributed by atoms with Crippen molar-refractivity contribution in [1.82, 2.24) is 0 Å². The van der Waals surface area contributed by atoms with E-state index in [9.17, 15) is 0 Å². The van der Waals surface area contributed by atoms with Crippen LogP contribution in [0.5, 0.6) is 0 Å². The fourth-order valence-electron chi connectivity index (χ4n) is 9.28. The number of hydrogen-bond donors (Lipinski definition) is 0. The first-order valence-electron chi connectivity index (χ1n) is 18.9. The maximum atomic E-state index is 6.42. The predicted octanol–water partition coefficient (Wildman–Crippen LogP) is 14.2. The van der Waals surface area contributed by atoms with Crippen molar-refractivity contribution >= 4 is 49.8 Å². The van der Waals surface area contributed by atoms with Gasteiger partial charge in [-0.15, -0.1) is 0 Å². The highest BCUT2D eigenvalue weighted by molar-refractivity contribution is 6.14.